The Hall–Kier alpha value is -0.160. The van der Waals surface area contributed by atoms with Crippen LogP contribution in [-0.2, 0) is 9.47 Å². The van der Waals surface area contributed by atoms with Crippen LogP contribution in [-0.4, -0.2) is 32.5 Å². The molecule has 1 heterocycles. The summed E-state index contributed by atoms with van der Waals surface area (Å²) in [4.78, 5) is 0. The zero-order valence-corrected chi connectivity index (χ0v) is 9.87. The third-order valence-electron chi connectivity index (χ3n) is 3.30. The fourth-order valence-corrected chi connectivity index (χ4v) is 2.28. The van der Waals surface area contributed by atoms with Gasteiger partial charge in [0.25, 0.3) is 0 Å². The smallest absolute Gasteiger partial charge is 0.0735 e. The first-order valence-corrected chi connectivity index (χ1v) is 5.88. The number of methoxy groups -OCH3 is 1. The van der Waals surface area contributed by atoms with E-state index in [0.717, 1.165) is 44.8 Å². The molecule has 0 aromatic heterocycles. The highest BCUT2D eigenvalue weighted by Crippen LogP contribution is 2.22. The van der Waals surface area contributed by atoms with Crippen LogP contribution in [0.5, 0.6) is 0 Å². The van der Waals surface area contributed by atoms with Crippen LogP contribution in [0.3, 0.4) is 0 Å². The van der Waals surface area contributed by atoms with Gasteiger partial charge in [-0.15, -0.1) is 0 Å². The lowest BCUT2D eigenvalue weighted by molar-refractivity contribution is 0.0312. The Morgan fingerprint density at radius 1 is 1.47 bits per heavy atom. The molecular formula is C11H24N2O2. The summed E-state index contributed by atoms with van der Waals surface area (Å²) >= 11 is 0. The molecule has 3 N–H and O–H groups in total. The summed E-state index contributed by atoms with van der Waals surface area (Å²) < 4.78 is 10.8. The first-order valence-electron chi connectivity index (χ1n) is 5.88. The van der Waals surface area contributed by atoms with E-state index in [-0.39, 0.29) is 12.1 Å². The molecule has 0 saturated carbocycles. The zero-order chi connectivity index (χ0) is 11.1. The van der Waals surface area contributed by atoms with Crippen LogP contribution in [0.15, 0.2) is 0 Å². The second kappa shape index (κ2) is 7.17. The van der Waals surface area contributed by atoms with Crippen LogP contribution in [0.4, 0.5) is 0 Å². The summed E-state index contributed by atoms with van der Waals surface area (Å²) in [5, 5.41) is 0. The van der Waals surface area contributed by atoms with E-state index in [4.69, 9.17) is 15.3 Å². The largest absolute Gasteiger partial charge is 0.381 e. The van der Waals surface area contributed by atoms with Crippen molar-refractivity contribution in [1.82, 2.24) is 5.43 Å². The molecule has 90 valence electrons. The Balaban J connectivity index is 2.36. The third kappa shape index (κ3) is 4.07. The average Bonchev–Trinajstić information content (AvgIpc) is 2.30. The highest BCUT2D eigenvalue weighted by atomic mass is 16.5. The second-order valence-electron chi connectivity index (χ2n) is 4.25. The van der Waals surface area contributed by atoms with Gasteiger partial charge in [0.15, 0.2) is 0 Å². The van der Waals surface area contributed by atoms with Crippen LogP contribution < -0.4 is 11.3 Å². The minimum atomic E-state index is 0.220. The van der Waals surface area contributed by atoms with Gasteiger partial charge >= 0.3 is 0 Å². The van der Waals surface area contributed by atoms with Gasteiger partial charge in [0, 0.05) is 26.4 Å². The van der Waals surface area contributed by atoms with Crippen molar-refractivity contribution in [3.8, 4) is 0 Å². The molecule has 2 atom stereocenters. The van der Waals surface area contributed by atoms with Gasteiger partial charge in [-0.05, 0) is 31.6 Å². The molecule has 1 rings (SSSR count). The fraction of sp³-hybridized carbons (Fsp3) is 1.00. The molecule has 1 fully saturated rings. The standard InChI is InChI=1S/C11H24N2O2/c1-3-11(14-2)10(13-12)8-9-4-6-15-7-5-9/h9-11,13H,3-8,12H2,1-2H3. The summed E-state index contributed by atoms with van der Waals surface area (Å²) in [5.74, 6) is 6.31. The van der Waals surface area contributed by atoms with Gasteiger partial charge in [-0.25, -0.2) is 0 Å². The second-order valence-corrected chi connectivity index (χ2v) is 4.25. The van der Waals surface area contributed by atoms with Crippen molar-refractivity contribution in [3.05, 3.63) is 0 Å². The van der Waals surface area contributed by atoms with E-state index >= 15 is 0 Å². The topological polar surface area (TPSA) is 56.5 Å². The maximum Gasteiger partial charge on any atom is 0.0735 e. The Bertz CT molecular complexity index is 157. The van der Waals surface area contributed by atoms with Crippen molar-refractivity contribution < 1.29 is 9.47 Å². The molecule has 1 aliphatic heterocycles. The molecule has 1 aliphatic rings. The molecule has 15 heavy (non-hydrogen) atoms. The SMILES string of the molecule is CCC(OC)C(CC1CCOCC1)NN. The van der Waals surface area contributed by atoms with Crippen LogP contribution in [0.2, 0.25) is 0 Å². The van der Waals surface area contributed by atoms with Crippen molar-refractivity contribution in [1.29, 1.82) is 0 Å². The minimum Gasteiger partial charge on any atom is -0.381 e. The number of hydrazine groups is 1. The van der Waals surface area contributed by atoms with E-state index in [0.29, 0.717) is 0 Å². The molecule has 0 aromatic rings. The average molecular weight is 216 g/mol. The highest BCUT2D eigenvalue weighted by molar-refractivity contribution is 4.78. The molecule has 0 bridgehead atoms. The van der Waals surface area contributed by atoms with E-state index in [9.17, 15) is 0 Å². The Morgan fingerprint density at radius 2 is 2.13 bits per heavy atom. The van der Waals surface area contributed by atoms with E-state index in [1.54, 1.807) is 7.11 Å². The summed E-state index contributed by atoms with van der Waals surface area (Å²) in [6, 6.07) is 0.267. The first kappa shape index (κ1) is 12.9. The van der Waals surface area contributed by atoms with Crippen LogP contribution >= 0.6 is 0 Å². The van der Waals surface area contributed by atoms with Gasteiger partial charge in [0.1, 0.15) is 0 Å². The maximum absolute atomic E-state index is 5.58. The number of nitrogens with two attached hydrogens (primary N) is 1. The number of nitrogens with one attached hydrogen (secondary N) is 1. The van der Waals surface area contributed by atoms with Gasteiger partial charge in [-0.1, -0.05) is 6.92 Å². The lowest BCUT2D eigenvalue weighted by atomic mass is 9.90. The third-order valence-corrected chi connectivity index (χ3v) is 3.30. The predicted octanol–water partition coefficient (Wildman–Crippen LogP) is 1.06. The monoisotopic (exact) mass is 216 g/mol. The van der Waals surface area contributed by atoms with Gasteiger partial charge in [-0.3, -0.25) is 11.3 Å². The van der Waals surface area contributed by atoms with Crippen molar-refractivity contribution >= 4 is 0 Å². The van der Waals surface area contributed by atoms with Gasteiger partial charge in [0.2, 0.25) is 0 Å². The molecule has 4 nitrogen and oxygen atoms in total. The molecular weight excluding hydrogens is 192 g/mol. The molecule has 0 aliphatic carbocycles. The molecule has 0 aromatic carbocycles. The fourth-order valence-electron chi connectivity index (χ4n) is 2.28. The summed E-state index contributed by atoms with van der Waals surface area (Å²) in [5.41, 5.74) is 2.89. The molecule has 1 saturated heterocycles. The number of hydrogen-bond acceptors (Lipinski definition) is 4. The lowest BCUT2D eigenvalue weighted by Gasteiger charge is -2.30. The zero-order valence-electron chi connectivity index (χ0n) is 9.87. The van der Waals surface area contributed by atoms with Crippen molar-refractivity contribution in [2.24, 2.45) is 11.8 Å². The van der Waals surface area contributed by atoms with E-state index < -0.39 is 0 Å². The van der Waals surface area contributed by atoms with Crippen molar-refractivity contribution in [2.45, 2.75) is 44.8 Å². The summed E-state index contributed by atoms with van der Waals surface area (Å²) in [6.07, 6.45) is 4.61. The predicted molar refractivity (Wildman–Crippen MR) is 60.4 cm³/mol. The quantitative estimate of drug-likeness (QED) is 0.515. The van der Waals surface area contributed by atoms with Crippen molar-refractivity contribution in [3.63, 3.8) is 0 Å². The molecule has 0 amide bonds. The summed E-state index contributed by atoms with van der Waals surface area (Å²) in [7, 11) is 1.75. The molecule has 4 heteroatoms. The normalized spacial score (nSPS) is 22.6. The Morgan fingerprint density at radius 3 is 2.60 bits per heavy atom. The minimum absolute atomic E-state index is 0.220. The summed E-state index contributed by atoms with van der Waals surface area (Å²) in [6.45, 7) is 3.92. The lowest BCUT2D eigenvalue weighted by Crippen LogP contribution is -2.46. The maximum atomic E-state index is 5.58. The first-order chi connectivity index (χ1) is 7.31. The van der Waals surface area contributed by atoms with Gasteiger partial charge < -0.3 is 9.47 Å². The van der Waals surface area contributed by atoms with Gasteiger partial charge in [-0.2, -0.15) is 0 Å². The number of hydrogen-bond donors (Lipinski definition) is 2. The van der Waals surface area contributed by atoms with E-state index in [1.165, 1.54) is 0 Å². The van der Waals surface area contributed by atoms with Crippen LogP contribution in [0, 0.1) is 5.92 Å². The molecule has 0 spiro atoms. The van der Waals surface area contributed by atoms with E-state index in [2.05, 4.69) is 12.3 Å². The number of ether oxygens (including phenoxy) is 2. The molecule has 0 radical (unpaired) electrons. The molecule has 2 unspecified atom stereocenters. The van der Waals surface area contributed by atoms with Crippen molar-refractivity contribution in [2.75, 3.05) is 20.3 Å². The van der Waals surface area contributed by atoms with E-state index in [1.807, 2.05) is 0 Å². The van der Waals surface area contributed by atoms with Crippen LogP contribution in [0.1, 0.15) is 32.6 Å². The van der Waals surface area contributed by atoms with Crippen LogP contribution in [0.25, 0.3) is 0 Å². The van der Waals surface area contributed by atoms with Gasteiger partial charge in [0.05, 0.1) is 6.10 Å². The highest BCUT2D eigenvalue weighted by Gasteiger charge is 2.23. The Labute approximate surface area is 92.5 Å². The Kier molecular flexibility index (Phi) is 6.17. The number of rotatable bonds is 6.